The average molecular weight is 307 g/mol. The number of amides is 1. The summed E-state index contributed by atoms with van der Waals surface area (Å²) in [6, 6.07) is 4.76. The van der Waals surface area contributed by atoms with Crippen molar-refractivity contribution in [3.63, 3.8) is 0 Å². The molecule has 1 rings (SSSR count). The number of hydrogen-bond donors (Lipinski definition) is 1. The van der Waals surface area contributed by atoms with E-state index in [1.54, 1.807) is 24.3 Å². The SMILES string of the molecule is C=CCOc1ccc(C(=O)N(CCC)CC(=O)O)cc1OC. The van der Waals surface area contributed by atoms with E-state index in [-0.39, 0.29) is 12.5 Å². The molecule has 0 saturated carbocycles. The van der Waals surface area contributed by atoms with Gasteiger partial charge in [-0.3, -0.25) is 9.59 Å². The van der Waals surface area contributed by atoms with E-state index in [0.29, 0.717) is 36.6 Å². The molecule has 6 heteroatoms. The number of methoxy groups -OCH3 is 1. The van der Waals surface area contributed by atoms with Gasteiger partial charge < -0.3 is 19.5 Å². The first-order valence-corrected chi connectivity index (χ1v) is 6.96. The van der Waals surface area contributed by atoms with E-state index in [1.807, 2.05) is 6.92 Å². The first-order valence-electron chi connectivity index (χ1n) is 6.96. The quantitative estimate of drug-likeness (QED) is 0.708. The van der Waals surface area contributed by atoms with Crippen molar-refractivity contribution in [3.05, 3.63) is 36.4 Å². The zero-order valence-electron chi connectivity index (χ0n) is 12.9. The summed E-state index contributed by atoms with van der Waals surface area (Å²) in [5, 5.41) is 8.90. The van der Waals surface area contributed by atoms with E-state index in [9.17, 15) is 9.59 Å². The molecule has 0 aromatic heterocycles. The van der Waals surface area contributed by atoms with E-state index in [1.165, 1.54) is 12.0 Å². The van der Waals surface area contributed by atoms with E-state index < -0.39 is 5.97 Å². The molecule has 1 aromatic carbocycles. The minimum Gasteiger partial charge on any atom is -0.493 e. The number of aliphatic carboxylic acids is 1. The van der Waals surface area contributed by atoms with Crippen LogP contribution in [0.3, 0.4) is 0 Å². The Morgan fingerprint density at radius 2 is 2.09 bits per heavy atom. The monoisotopic (exact) mass is 307 g/mol. The highest BCUT2D eigenvalue weighted by Crippen LogP contribution is 2.28. The molecule has 0 spiro atoms. The summed E-state index contributed by atoms with van der Waals surface area (Å²) in [4.78, 5) is 24.6. The van der Waals surface area contributed by atoms with Crippen molar-refractivity contribution in [1.29, 1.82) is 0 Å². The molecule has 1 aromatic rings. The predicted molar refractivity (Wildman–Crippen MR) is 82.5 cm³/mol. The molecular formula is C16H21NO5. The van der Waals surface area contributed by atoms with Crippen molar-refractivity contribution in [2.45, 2.75) is 13.3 Å². The molecule has 0 aliphatic carbocycles. The van der Waals surface area contributed by atoms with Crippen LogP contribution < -0.4 is 9.47 Å². The molecule has 0 unspecified atom stereocenters. The van der Waals surface area contributed by atoms with Crippen LogP contribution in [0.1, 0.15) is 23.7 Å². The standard InChI is InChI=1S/C16H21NO5/c1-4-8-17(11-15(18)19)16(20)12-6-7-13(22-9-5-2)14(10-12)21-3/h5-7,10H,2,4,8-9,11H2,1,3H3,(H,18,19). The van der Waals surface area contributed by atoms with Crippen molar-refractivity contribution in [1.82, 2.24) is 4.90 Å². The highest BCUT2D eigenvalue weighted by Gasteiger charge is 2.19. The maximum Gasteiger partial charge on any atom is 0.323 e. The second-order valence-electron chi connectivity index (χ2n) is 4.59. The van der Waals surface area contributed by atoms with Gasteiger partial charge in [0.05, 0.1) is 7.11 Å². The number of carbonyl (C=O) groups is 2. The average Bonchev–Trinajstić information content (AvgIpc) is 2.51. The van der Waals surface area contributed by atoms with Gasteiger partial charge in [0.15, 0.2) is 11.5 Å². The Kier molecular flexibility index (Phi) is 6.95. The van der Waals surface area contributed by atoms with Crippen LogP contribution >= 0.6 is 0 Å². The minimum absolute atomic E-state index is 0.324. The smallest absolute Gasteiger partial charge is 0.323 e. The highest BCUT2D eigenvalue weighted by atomic mass is 16.5. The summed E-state index contributed by atoms with van der Waals surface area (Å²) in [7, 11) is 1.48. The zero-order valence-corrected chi connectivity index (χ0v) is 12.9. The summed E-state index contributed by atoms with van der Waals surface area (Å²) >= 11 is 0. The molecule has 0 radical (unpaired) electrons. The van der Waals surface area contributed by atoms with Gasteiger partial charge in [0.25, 0.3) is 5.91 Å². The molecule has 0 aliphatic rings. The van der Waals surface area contributed by atoms with E-state index in [0.717, 1.165) is 0 Å². The van der Waals surface area contributed by atoms with Gasteiger partial charge in [0, 0.05) is 12.1 Å². The van der Waals surface area contributed by atoms with Crippen LogP contribution in [0.15, 0.2) is 30.9 Å². The fraction of sp³-hybridized carbons (Fsp3) is 0.375. The predicted octanol–water partition coefficient (Wildman–Crippen LogP) is 2.20. The number of rotatable bonds is 9. The summed E-state index contributed by atoms with van der Waals surface area (Å²) in [6.45, 7) is 5.82. The molecule has 120 valence electrons. The van der Waals surface area contributed by atoms with Crippen LogP contribution in [0.2, 0.25) is 0 Å². The third kappa shape index (κ3) is 4.80. The van der Waals surface area contributed by atoms with Gasteiger partial charge in [-0.2, -0.15) is 0 Å². The van der Waals surface area contributed by atoms with Gasteiger partial charge in [-0.15, -0.1) is 0 Å². The van der Waals surface area contributed by atoms with Crippen molar-refractivity contribution >= 4 is 11.9 Å². The number of carboxylic acid groups (broad SMARTS) is 1. The molecule has 0 bridgehead atoms. The number of nitrogens with zero attached hydrogens (tertiary/aromatic N) is 1. The van der Waals surface area contributed by atoms with Crippen LogP contribution in [0.5, 0.6) is 11.5 Å². The first-order chi connectivity index (χ1) is 10.5. The van der Waals surface area contributed by atoms with Gasteiger partial charge in [-0.1, -0.05) is 19.6 Å². The van der Waals surface area contributed by atoms with Crippen LogP contribution in [0.4, 0.5) is 0 Å². The molecule has 1 amide bonds. The zero-order chi connectivity index (χ0) is 16.5. The van der Waals surface area contributed by atoms with E-state index >= 15 is 0 Å². The lowest BCUT2D eigenvalue weighted by atomic mass is 10.1. The Balaban J connectivity index is 3.00. The Labute approximate surface area is 129 Å². The number of carboxylic acids is 1. The van der Waals surface area contributed by atoms with Gasteiger partial charge in [0.1, 0.15) is 13.2 Å². The summed E-state index contributed by atoms with van der Waals surface area (Å²) in [6.07, 6.45) is 2.28. The minimum atomic E-state index is -1.04. The van der Waals surface area contributed by atoms with Crippen molar-refractivity contribution in [2.75, 3.05) is 26.8 Å². The van der Waals surface area contributed by atoms with Crippen LogP contribution in [-0.2, 0) is 4.79 Å². The number of hydrogen-bond acceptors (Lipinski definition) is 4. The third-order valence-corrected chi connectivity index (χ3v) is 2.87. The van der Waals surface area contributed by atoms with Crippen LogP contribution in [0.25, 0.3) is 0 Å². The number of benzene rings is 1. The molecule has 0 saturated heterocycles. The fourth-order valence-electron chi connectivity index (χ4n) is 1.94. The summed E-state index contributed by atoms with van der Waals surface area (Å²) in [5.41, 5.74) is 0.359. The lowest BCUT2D eigenvalue weighted by molar-refractivity contribution is -0.137. The van der Waals surface area contributed by atoms with Gasteiger partial charge >= 0.3 is 5.97 Å². The number of carbonyl (C=O) groups excluding carboxylic acids is 1. The topological polar surface area (TPSA) is 76.1 Å². The maximum atomic E-state index is 12.4. The Morgan fingerprint density at radius 1 is 1.36 bits per heavy atom. The normalized spacial score (nSPS) is 9.91. The van der Waals surface area contributed by atoms with Gasteiger partial charge in [-0.25, -0.2) is 0 Å². The molecule has 0 aliphatic heterocycles. The molecule has 0 atom stereocenters. The van der Waals surface area contributed by atoms with E-state index in [4.69, 9.17) is 14.6 Å². The molecule has 0 fully saturated rings. The summed E-state index contributed by atoms with van der Waals surface area (Å²) in [5.74, 6) is -0.476. The van der Waals surface area contributed by atoms with Crippen molar-refractivity contribution in [3.8, 4) is 11.5 Å². The summed E-state index contributed by atoms with van der Waals surface area (Å²) < 4.78 is 10.6. The Bertz CT molecular complexity index is 541. The fourth-order valence-corrected chi connectivity index (χ4v) is 1.94. The van der Waals surface area contributed by atoms with Crippen molar-refractivity contribution in [2.24, 2.45) is 0 Å². The molecule has 1 N–H and O–H groups in total. The van der Waals surface area contributed by atoms with E-state index in [2.05, 4.69) is 6.58 Å². The first kappa shape index (κ1) is 17.6. The maximum absolute atomic E-state index is 12.4. The van der Waals surface area contributed by atoms with Crippen LogP contribution in [-0.4, -0.2) is 48.7 Å². The highest BCUT2D eigenvalue weighted by molar-refractivity contribution is 5.96. The number of ether oxygens (including phenoxy) is 2. The molecule has 6 nitrogen and oxygen atoms in total. The molecule has 0 heterocycles. The lowest BCUT2D eigenvalue weighted by Gasteiger charge is -2.20. The third-order valence-electron chi connectivity index (χ3n) is 2.87. The second kappa shape index (κ2) is 8.71. The molecular weight excluding hydrogens is 286 g/mol. The largest absolute Gasteiger partial charge is 0.493 e. The molecule has 22 heavy (non-hydrogen) atoms. The van der Waals surface area contributed by atoms with Crippen molar-refractivity contribution < 1.29 is 24.2 Å². The second-order valence-corrected chi connectivity index (χ2v) is 4.59. The van der Waals surface area contributed by atoms with Gasteiger partial charge in [0.2, 0.25) is 0 Å². The van der Waals surface area contributed by atoms with Gasteiger partial charge in [-0.05, 0) is 24.6 Å². The van der Waals surface area contributed by atoms with Crippen LogP contribution in [0, 0.1) is 0 Å². The lowest BCUT2D eigenvalue weighted by Crippen LogP contribution is -2.36. The Morgan fingerprint density at radius 3 is 2.64 bits per heavy atom. The Hall–Kier alpha value is -2.50.